The van der Waals surface area contributed by atoms with Crippen molar-refractivity contribution in [2.75, 3.05) is 13.1 Å². The van der Waals surface area contributed by atoms with Crippen LogP contribution in [0.15, 0.2) is 48.8 Å². The quantitative estimate of drug-likeness (QED) is 0.900. The largest absolute Gasteiger partial charge is 0.369 e. The molecule has 2 N–H and O–H groups in total. The van der Waals surface area contributed by atoms with Crippen molar-refractivity contribution in [3.8, 4) is 11.1 Å². The van der Waals surface area contributed by atoms with Crippen LogP contribution in [0.1, 0.15) is 31.7 Å². The van der Waals surface area contributed by atoms with Gasteiger partial charge in [-0.3, -0.25) is 14.6 Å². The molecule has 1 aliphatic heterocycles. The van der Waals surface area contributed by atoms with Crippen molar-refractivity contribution in [1.82, 2.24) is 9.88 Å². The molecule has 1 aliphatic rings. The maximum atomic E-state index is 12.3. The fourth-order valence-electron chi connectivity index (χ4n) is 3.74. The molecule has 3 rings (SSSR count). The van der Waals surface area contributed by atoms with E-state index in [1.807, 2.05) is 49.5 Å². The Kier molecular flexibility index (Phi) is 5.35. The van der Waals surface area contributed by atoms with E-state index in [1.165, 1.54) is 0 Å². The molecule has 1 aromatic heterocycles. The zero-order valence-corrected chi connectivity index (χ0v) is 15.1. The van der Waals surface area contributed by atoms with E-state index in [0.29, 0.717) is 25.9 Å². The van der Waals surface area contributed by atoms with Gasteiger partial charge >= 0.3 is 0 Å². The van der Waals surface area contributed by atoms with Crippen molar-refractivity contribution >= 4 is 11.8 Å². The fraction of sp³-hybridized carbons (Fsp3) is 0.381. The van der Waals surface area contributed by atoms with Crippen molar-refractivity contribution in [2.45, 2.75) is 32.6 Å². The number of nitrogens with two attached hydrogens (primary N) is 1. The first-order valence-electron chi connectivity index (χ1n) is 9.11. The Morgan fingerprint density at radius 1 is 1.19 bits per heavy atom. The van der Waals surface area contributed by atoms with Crippen LogP contribution in [-0.4, -0.2) is 34.8 Å². The number of rotatable bonds is 5. The van der Waals surface area contributed by atoms with Crippen LogP contribution < -0.4 is 5.73 Å². The molecule has 0 aliphatic carbocycles. The molecule has 5 nitrogen and oxygen atoms in total. The smallest absolute Gasteiger partial charge is 0.225 e. The van der Waals surface area contributed by atoms with Gasteiger partial charge < -0.3 is 10.6 Å². The number of carbonyl (C=O) groups excluding carboxylic acids is 2. The Balaban J connectivity index is 1.80. The summed E-state index contributed by atoms with van der Waals surface area (Å²) in [7, 11) is 0. The molecular formula is C21H25N3O2. The number of benzene rings is 1. The highest BCUT2D eigenvalue weighted by Crippen LogP contribution is 2.34. The monoisotopic (exact) mass is 351 g/mol. The van der Waals surface area contributed by atoms with E-state index in [4.69, 9.17) is 5.73 Å². The highest BCUT2D eigenvalue weighted by Gasteiger charge is 2.41. The molecule has 1 atom stereocenters. The first-order valence-corrected chi connectivity index (χ1v) is 9.11. The molecule has 2 heterocycles. The van der Waals surface area contributed by atoms with Gasteiger partial charge in [-0.1, -0.05) is 37.3 Å². The maximum absolute atomic E-state index is 12.3. The molecule has 2 amide bonds. The van der Waals surface area contributed by atoms with Gasteiger partial charge in [-0.15, -0.1) is 0 Å². The van der Waals surface area contributed by atoms with Gasteiger partial charge in [0.25, 0.3) is 0 Å². The van der Waals surface area contributed by atoms with Crippen LogP contribution >= 0.6 is 0 Å². The molecule has 0 spiro atoms. The van der Waals surface area contributed by atoms with Crippen LogP contribution in [0.3, 0.4) is 0 Å². The number of hydrogen-bond donors (Lipinski definition) is 1. The Labute approximate surface area is 154 Å². The summed E-state index contributed by atoms with van der Waals surface area (Å²) in [6.45, 7) is 2.97. The van der Waals surface area contributed by atoms with Crippen molar-refractivity contribution in [3.63, 3.8) is 0 Å². The molecule has 2 aromatic rings. The number of pyridine rings is 1. The minimum absolute atomic E-state index is 0.0854. The summed E-state index contributed by atoms with van der Waals surface area (Å²) in [4.78, 5) is 30.3. The van der Waals surface area contributed by atoms with E-state index < -0.39 is 5.41 Å². The summed E-state index contributed by atoms with van der Waals surface area (Å²) >= 11 is 0. The molecule has 136 valence electrons. The first-order chi connectivity index (χ1) is 12.5. The summed E-state index contributed by atoms with van der Waals surface area (Å²) in [6, 6.07) is 12.1. The van der Waals surface area contributed by atoms with Crippen LogP contribution in [0, 0.1) is 5.41 Å². The number of primary amides is 1. The van der Waals surface area contributed by atoms with Crippen molar-refractivity contribution < 1.29 is 9.59 Å². The third-order valence-electron chi connectivity index (χ3n) is 5.25. The van der Waals surface area contributed by atoms with E-state index in [1.54, 1.807) is 11.1 Å². The SMILES string of the molecule is CCC(=O)N1CCCC(Cc2ccc(-c3cccnc3)cc2)(C(N)=O)C1. The molecule has 0 bridgehead atoms. The standard InChI is InChI=1S/C21H25N3O2/c1-2-19(25)24-12-4-10-21(15-24,20(22)26)13-16-6-8-17(9-7-16)18-5-3-11-23-14-18/h3,5-9,11,14H,2,4,10,12-13,15H2,1H3,(H2,22,26). The number of piperidine rings is 1. The average molecular weight is 351 g/mol. The lowest BCUT2D eigenvalue weighted by Gasteiger charge is -2.41. The predicted octanol–water partition coefficient (Wildman–Crippen LogP) is 2.80. The summed E-state index contributed by atoms with van der Waals surface area (Å²) in [5.74, 6) is -0.232. The Morgan fingerprint density at radius 2 is 1.96 bits per heavy atom. The lowest BCUT2D eigenvalue weighted by molar-refractivity contribution is -0.139. The maximum Gasteiger partial charge on any atom is 0.225 e. The number of carbonyl (C=O) groups is 2. The lowest BCUT2D eigenvalue weighted by atomic mass is 9.74. The van der Waals surface area contributed by atoms with Crippen molar-refractivity contribution in [2.24, 2.45) is 11.1 Å². The Morgan fingerprint density at radius 3 is 2.58 bits per heavy atom. The Bertz CT molecular complexity index is 774. The molecule has 1 unspecified atom stereocenters. The van der Waals surface area contributed by atoms with Gasteiger partial charge in [0.15, 0.2) is 0 Å². The predicted molar refractivity (Wildman–Crippen MR) is 101 cm³/mol. The zero-order valence-electron chi connectivity index (χ0n) is 15.1. The van der Waals surface area contributed by atoms with Gasteiger partial charge in [0.05, 0.1) is 5.41 Å². The molecule has 26 heavy (non-hydrogen) atoms. The van der Waals surface area contributed by atoms with E-state index in [-0.39, 0.29) is 11.8 Å². The minimum Gasteiger partial charge on any atom is -0.369 e. The Hall–Kier alpha value is -2.69. The topological polar surface area (TPSA) is 76.3 Å². The first kappa shape index (κ1) is 18.1. The highest BCUT2D eigenvalue weighted by molar-refractivity contribution is 5.83. The van der Waals surface area contributed by atoms with Crippen LogP contribution in [0.4, 0.5) is 0 Å². The number of nitrogens with zero attached hydrogens (tertiary/aromatic N) is 2. The van der Waals surface area contributed by atoms with Gasteiger partial charge in [-0.2, -0.15) is 0 Å². The average Bonchev–Trinajstić information content (AvgIpc) is 2.68. The minimum atomic E-state index is -0.682. The highest BCUT2D eigenvalue weighted by atomic mass is 16.2. The van der Waals surface area contributed by atoms with E-state index in [2.05, 4.69) is 4.98 Å². The number of hydrogen-bond acceptors (Lipinski definition) is 3. The van der Waals surface area contributed by atoms with Crippen LogP contribution in [0.25, 0.3) is 11.1 Å². The lowest BCUT2D eigenvalue weighted by Crippen LogP contribution is -2.53. The van der Waals surface area contributed by atoms with Gasteiger partial charge in [-0.25, -0.2) is 0 Å². The van der Waals surface area contributed by atoms with Gasteiger partial charge in [0.2, 0.25) is 11.8 Å². The summed E-state index contributed by atoms with van der Waals surface area (Å²) in [6.07, 6.45) is 6.12. The molecule has 1 aromatic carbocycles. The third-order valence-corrected chi connectivity index (χ3v) is 5.25. The molecular weight excluding hydrogens is 326 g/mol. The number of aromatic nitrogens is 1. The van der Waals surface area contributed by atoms with Gasteiger partial charge in [0.1, 0.15) is 0 Å². The summed E-state index contributed by atoms with van der Waals surface area (Å²) in [5, 5.41) is 0. The van der Waals surface area contributed by atoms with E-state index in [9.17, 15) is 9.59 Å². The molecule has 0 saturated carbocycles. The van der Waals surface area contributed by atoms with Gasteiger partial charge in [-0.05, 0) is 42.0 Å². The molecule has 1 fully saturated rings. The van der Waals surface area contributed by atoms with Gasteiger partial charge in [0, 0.05) is 31.9 Å². The molecule has 5 heteroatoms. The second-order valence-electron chi connectivity index (χ2n) is 7.03. The normalized spacial score (nSPS) is 20.0. The van der Waals surface area contributed by atoms with E-state index >= 15 is 0 Å². The number of amides is 2. The summed E-state index contributed by atoms with van der Waals surface area (Å²) < 4.78 is 0. The van der Waals surface area contributed by atoms with Crippen LogP contribution in [0.5, 0.6) is 0 Å². The van der Waals surface area contributed by atoms with E-state index in [0.717, 1.165) is 29.5 Å². The zero-order chi connectivity index (χ0) is 18.6. The van der Waals surface area contributed by atoms with Crippen molar-refractivity contribution in [3.05, 3.63) is 54.4 Å². The second kappa shape index (κ2) is 7.68. The summed E-state index contributed by atoms with van der Waals surface area (Å²) in [5.41, 5.74) is 8.31. The third kappa shape index (κ3) is 3.77. The van der Waals surface area contributed by atoms with Crippen LogP contribution in [0.2, 0.25) is 0 Å². The number of likely N-dealkylation sites (tertiary alicyclic amines) is 1. The molecule has 1 saturated heterocycles. The molecule has 0 radical (unpaired) electrons. The van der Waals surface area contributed by atoms with Crippen molar-refractivity contribution in [1.29, 1.82) is 0 Å². The fourth-order valence-corrected chi connectivity index (χ4v) is 3.74. The van der Waals surface area contributed by atoms with Crippen LogP contribution in [-0.2, 0) is 16.0 Å². The second-order valence-corrected chi connectivity index (χ2v) is 7.03.